The Kier molecular flexibility index (Phi) is 6.56. The van der Waals surface area contributed by atoms with Crippen molar-refractivity contribution in [3.63, 3.8) is 0 Å². The van der Waals surface area contributed by atoms with Crippen molar-refractivity contribution in [1.29, 1.82) is 0 Å². The van der Waals surface area contributed by atoms with Crippen molar-refractivity contribution >= 4 is 76.1 Å². The molecule has 260 valence electrons. The second kappa shape index (κ2) is 11.9. The van der Waals surface area contributed by atoms with Gasteiger partial charge in [-0.15, -0.1) is 0 Å². The SMILES string of the molecule is c1ccc(-n2c(-c3cc4nccnc4cc3-c3nc4c5ccccc5c5ccccc5c4n3-c3ccccc3)cc3c4ccccc4c4ccccc4c32)cc1. The summed E-state index contributed by atoms with van der Waals surface area (Å²) in [6, 6.07) is 63.0. The van der Waals surface area contributed by atoms with Crippen LogP contribution in [0.2, 0.25) is 0 Å². The Labute approximate surface area is 321 Å². The van der Waals surface area contributed by atoms with Gasteiger partial charge in [-0.25, -0.2) is 4.98 Å². The Bertz CT molecular complexity index is 3290. The number of fused-ring (bicyclic) bond motifs is 13. The van der Waals surface area contributed by atoms with Crippen LogP contribution in [0.3, 0.4) is 0 Å². The normalized spacial score (nSPS) is 11.9. The number of hydrogen-bond donors (Lipinski definition) is 0. The van der Waals surface area contributed by atoms with Gasteiger partial charge in [0.05, 0.1) is 33.3 Å². The van der Waals surface area contributed by atoms with E-state index in [1.807, 2.05) is 0 Å². The zero-order valence-electron chi connectivity index (χ0n) is 30.1. The van der Waals surface area contributed by atoms with E-state index < -0.39 is 0 Å². The molecule has 3 aromatic heterocycles. The summed E-state index contributed by atoms with van der Waals surface area (Å²) >= 11 is 0. The molecule has 0 amide bonds. The molecule has 0 N–H and O–H groups in total. The first-order valence-corrected chi connectivity index (χ1v) is 18.9. The summed E-state index contributed by atoms with van der Waals surface area (Å²) in [6.07, 6.45) is 3.54. The third kappa shape index (κ3) is 4.39. The number of imidazole rings is 1. The molecule has 0 aliphatic rings. The van der Waals surface area contributed by atoms with Crippen LogP contribution in [0.5, 0.6) is 0 Å². The van der Waals surface area contributed by atoms with E-state index in [0.29, 0.717) is 0 Å². The predicted octanol–water partition coefficient (Wildman–Crippen LogP) is 12.9. The molecular weight excluding hydrogens is 683 g/mol. The summed E-state index contributed by atoms with van der Waals surface area (Å²) < 4.78 is 4.79. The number of rotatable bonds is 4. The summed E-state index contributed by atoms with van der Waals surface area (Å²) in [5, 5.41) is 10.7. The van der Waals surface area contributed by atoms with Gasteiger partial charge in [-0.1, -0.05) is 133 Å². The molecule has 5 heteroatoms. The number of aromatic nitrogens is 5. The highest BCUT2D eigenvalue weighted by Gasteiger charge is 2.26. The average molecular weight is 714 g/mol. The third-order valence-corrected chi connectivity index (χ3v) is 11.4. The molecule has 12 rings (SSSR count). The molecule has 0 unspecified atom stereocenters. The molecule has 0 radical (unpaired) electrons. The molecule has 0 spiro atoms. The first kappa shape index (κ1) is 30.8. The minimum atomic E-state index is 0.811. The van der Waals surface area contributed by atoms with E-state index in [2.05, 4.69) is 185 Å². The lowest BCUT2D eigenvalue weighted by Gasteiger charge is -2.17. The molecule has 0 aliphatic carbocycles. The van der Waals surface area contributed by atoms with Crippen LogP contribution < -0.4 is 0 Å². The van der Waals surface area contributed by atoms with Crippen LogP contribution in [-0.2, 0) is 0 Å². The number of benzene rings is 9. The van der Waals surface area contributed by atoms with Gasteiger partial charge in [0.1, 0.15) is 5.82 Å². The second-order valence-corrected chi connectivity index (χ2v) is 14.4. The van der Waals surface area contributed by atoms with Gasteiger partial charge in [0.25, 0.3) is 0 Å². The Morgan fingerprint density at radius 3 is 1.36 bits per heavy atom. The van der Waals surface area contributed by atoms with Gasteiger partial charge in [0.2, 0.25) is 0 Å². The molecule has 0 aliphatic heterocycles. The summed E-state index contributed by atoms with van der Waals surface area (Å²) in [4.78, 5) is 15.4. The number of nitrogens with zero attached hydrogens (tertiary/aromatic N) is 5. The minimum Gasteiger partial charge on any atom is -0.309 e. The van der Waals surface area contributed by atoms with Gasteiger partial charge in [-0.05, 0) is 69.4 Å². The average Bonchev–Trinajstić information content (AvgIpc) is 3.88. The molecule has 3 heterocycles. The maximum absolute atomic E-state index is 5.69. The fourth-order valence-corrected chi connectivity index (χ4v) is 9.02. The molecule has 0 atom stereocenters. The zero-order valence-corrected chi connectivity index (χ0v) is 30.1. The summed E-state index contributed by atoms with van der Waals surface area (Å²) in [5.74, 6) is 0.842. The largest absolute Gasteiger partial charge is 0.309 e. The van der Waals surface area contributed by atoms with Crippen molar-refractivity contribution < 1.29 is 0 Å². The molecule has 12 aromatic rings. The van der Waals surface area contributed by atoms with Crippen molar-refractivity contribution in [3.8, 4) is 34.0 Å². The molecule has 0 saturated carbocycles. The molecule has 5 nitrogen and oxygen atoms in total. The van der Waals surface area contributed by atoms with Crippen molar-refractivity contribution in [2.24, 2.45) is 0 Å². The van der Waals surface area contributed by atoms with Crippen LogP contribution in [0.4, 0.5) is 0 Å². The van der Waals surface area contributed by atoms with Crippen molar-refractivity contribution in [1.82, 2.24) is 24.1 Å². The van der Waals surface area contributed by atoms with E-state index in [9.17, 15) is 0 Å². The number of para-hydroxylation sites is 2. The van der Waals surface area contributed by atoms with E-state index in [4.69, 9.17) is 15.0 Å². The van der Waals surface area contributed by atoms with Crippen LogP contribution in [0.1, 0.15) is 0 Å². The third-order valence-electron chi connectivity index (χ3n) is 11.4. The van der Waals surface area contributed by atoms with Gasteiger partial charge in [-0.3, -0.25) is 14.5 Å². The summed E-state index contributed by atoms with van der Waals surface area (Å²) in [7, 11) is 0. The van der Waals surface area contributed by atoms with Crippen molar-refractivity contribution in [2.45, 2.75) is 0 Å². The first-order chi connectivity index (χ1) is 27.8. The monoisotopic (exact) mass is 713 g/mol. The van der Waals surface area contributed by atoms with E-state index in [-0.39, 0.29) is 0 Å². The lowest BCUT2D eigenvalue weighted by molar-refractivity contribution is 1.10. The van der Waals surface area contributed by atoms with E-state index in [1.165, 1.54) is 43.2 Å². The van der Waals surface area contributed by atoms with Crippen molar-refractivity contribution in [2.75, 3.05) is 0 Å². The first-order valence-electron chi connectivity index (χ1n) is 18.9. The highest BCUT2D eigenvalue weighted by Crippen LogP contribution is 2.46. The Morgan fingerprint density at radius 2 is 0.768 bits per heavy atom. The maximum Gasteiger partial charge on any atom is 0.146 e. The molecule has 9 aromatic carbocycles. The highest BCUT2D eigenvalue weighted by atomic mass is 15.1. The fraction of sp³-hybridized carbons (Fsp3) is 0. The van der Waals surface area contributed by atoms with E-state index in [1.54, 1.807) is 12.4 Å². The van der Waals surface area contributed by atoms with Crippen LogP contribution >= 0.6 is 0 Å². The highest BCUT2D eigenvalue weighted by molar-refractivity contribution is 6.27. The summed E-state index contributed by atoms with van der Waals surface area (Å²) in [6.45, 7) is 0. The Balaban J connectivity index is 1.30. The lowest BCUT2D eigenvalue weighted by atomic mass is 9.98. The van der Waals surface area contributed by atoms with Crippen LogP contribution in [0.25, 0.3) is 110 Å². The smallest absolute Gasteiger partial charge is 0.146 e. The fourth-order valence-electron chi connectivity index (χ4n) is 9.02. The Morgan fingerprint density at radius 1 is 0.339 bits per heavy atom. The molecule has 0 bridgehead atoms. The van der Waals surface area contributed by atoms with Gasteiger partial charge >= 0.3 is 0 Å². The lowest BCUT2D eigenvalue weighted by Crippen LogP contribution is -2.02. The van der Waals surface area contributed by atoms with Gasteiger partial charge in [-0.2, -0.15) is 0 Å². The Hall–Kier alpha value is -7.63. The molecule has 0 fully saturated rings. The molecule has 56 heavy (non-hydrogen) atoms. The van der Waals surface area contributed by atoms with Crippen molar-refractivity contribution in [3.05, 3.63) is 188 Å². The molecular formula is C51H31N5. The zero-order chi connectivity index (χ0) is 36.7. The standard InChI is InChI=1S/C51H31N5/c1-3-15-32(16-4-1)55-47(31-43-38-23-8-7-19-34(38)36-21-10-13-25-40(36)49(43)55)42-29-45-46(53-28-27-52-45)30-44(42)51-54-48-39-24-12-9-20-35(39)37-22-11-14-26-41(37)50(48)56(51)33-17-5-2-6-18-33/h1-31H. The van der Waals surface area contributed by atoms with Crippen LogP contribution in [0.15, 0.2) is 188 Å². The minimum absolute atomic E-state index is 0.811. The summed E-state index contributed by atoms with van der Waals surface area (Å²) in [5.41, 5.74) is 10.0. The van der Waals surface area contributed by atoms with Crippen LogP contribution in [-0.4, -0.2) is 24.1 Å². The predicted molar refractivity (Wildman–Crippen MR) is 232 cm³/mol. The topological polar surface area (TPSA) is 48.5 Å². The number of hydrogen-bond acceptors (Lipinski definition) is 3. The van der Waals surface area contributed by atoms with Gasteiger partial charge in [0, 0.05) is 56.4 Å². The molecule has 0 saturated heterocycles. The van der Waals surface area contributed by atoms with Gasteiger partial charge in [0.15, 0.2) is 0 Å². The quantitative estimate of drug-likeness (QED) is 0.171. The van der Waals surface area contributed by atoms with Gasteiger partial charge < -0.3 is 4.57 Å². The van der Waals surface area contributed by atoms with E-state index in [0.717, 1.165) is 66.9 Å². The van der Waals surface area contributed by atoms with Crippen LogP contribution in [0, 0.1) is 0 Å². The second-order valence-electron chi connectivity index (χ2n) is 14.4. The van der Waals surface area contributed by atoms with E-state index >= 15 is 0 Å². The maximum atomic E-state index is 5.69.